The molecule has 1 amide bonds. The minimum Gasteiger partial charge on any atom is -0.374 e. The van der Waals surface area contributed by atoms with Gasteiger partial charge in [0.25, 0.3) is 0 Å². The van der Waals surface area contributed by atoms with E-state index in [4.69, 9.17) is 4.74 Å². The first-order chi connectivity index (χ1) is 9.61. The Balaban J connectivity index is 2.01. The van der Waals surface area contributed by atoms with Crippen molar-refractivity contribution in [2.45, 2.75) is 45.3 Å². The molecule has 0 aromatic rings. The summed E-state index contributed by atoms with van der Waals surface area (Å²) in [6.07, 6.45) is 2.49. The van der Waals surface area contributed by atoms with Gasteiger partial charge in [-0.15, -0.1) is 0 Å². The van der Waals surface area contributed by atoms with Crippen LogP contribution in [0.25, 0.3) is 0 Å². The minimum absolute atomic E-state index is 0.0538. The molecular formula is C14H26N2O4S. The number of sulfonamides is 1. The molecular weight excluding hydrogens is 292 g/mol. The number of carbonyl (C=O) groups is 1. The number of hydrogen-bond acceptors (Lipinski definition) is 4. The van der Waals surface area contributed by atoms with Crippen LogP contribution in [0.5, 0.6) is 0 Å². The number of morpholine rings is 1. The van der Waals surface area contributed by atoms with Crippen LogP contribution in [-0.4, -0.2) is 67.7 Å². The number of amides is 1. The lowest BCUT2D eigenvalue weighted by atomic mass is 9.92. The Labute approximate surface area is 127 Å². The Hall–Kier alpha value is -0.660. The summed E-state index contributed by atoms with van der Waals surface area (Å²) in [6, 6.07) is 0. The van der Waals surface area contributed by atoms with Crippen LogP contribution in [0.15, 0.2) is 0 Å². The van der Waals surface area contributed by atoms with Crippen LogP contribution in [0.2, 0.25) is 0 Å². The Morgan fingerprint density at radius 1 is 1.24 bits per heavy atom. The number of nitrogens with zero attached hydrogens (tertiary/aromatic N) is 2. The van der Waals surface area contributed by atoms with E-state index < -0.39 is 10.0 Å². The average Bonchev–Trinajstić information content (AvgIpc) is 2.40. The van der Waals surface area contributed by atoms with Crippen LogP contribution in [0.3, 0.4) is 0 Å². The number of ether oxygens (including phenoxy) is 1. The van der Waals surface area contributed by atoms with Gasteiger partial charge in [-0.2, -0.15) is 0 Å². The van der Waals surface area contributed by atoms with Gasteiger partial charge in [0.15, 0.2) is 0 Å². The van der Waals surface area contributed by atoms with Gasteiger partial charge in [0.2, 0.25) is 15.9 Å². The summed E-state index contributed by atoms with van der Waals surface area (Å²) in [5, 5.41) is 0. The lowest BCUT2D eigenvalue weighted by Crippen LogP contribution is -2.59. The molecule has 21 heavy (non-hydrogen) atoms. The molecule has 1 atom stereocenters. The van der Waals surface area contributed by atoms with E-state index in [1.165, 1.54) is 10.6 Å². The number of hydrogen-bond donors (Lipinski definition) is 0. The minimum atomic E-state index is -3.14. The van der Waals surface area contributed by atoms with Gasteiger partial charge in [0, 0.05) is 25.6 Å². The van der Waals surface area contributed by atoms with Crippen molar-refractivity contribution in [2.75, 3.05) is 32.5 Å². The first-order valence-electron chi connectivity index (χ1n) is 7.49. The Morgan fingerprint density at radius 2 is 1.81 bits per heavy atom. The van der Waals surface area contributed by atoms with Crippen molar-refractivity contribution < 1.29 is 17.9 Å². The Kier molecular flexibility index (Phi) is 4.66. The van der Waals surface area contributed by atoms with E-state index in [0.717, 1.165) is 0 Å². The molecule has 2 fully saturated rings. The maximum atomic E-state index is 12.8. The SMILES string of the molecule is CC1CN(C(=O)C2CCN(S(C)(=O)=O)CC2)C(C)(C)CO1. The van der Waals surface area contributed by atoms with Crippen molar-refractivity contribution in [3.63, 3.8) is 0 Å². The zero-order valence-electron chi connectivity index (χ0n) is 13.3. The molecule has 7 heteroatoms. The van der Waals surface area contributed by atoms with E-state index in [0.29, 0.717) is 39.1 Å². The summed E-state index contributed by atoms with van der Waals surface area (Å²) < 4.78 is 30.2. The van der Waals surface area contributed by atoms with E-state index >= 15 is 0 Å². The zero-order valence-corrected chi connectivity index (χ0v) is 14.1. The van der Waals surface area contributed by atoms with E-state index in [1.807, 2.05) is 25.7 Å². The van der Waals surface area contributed by atoms with E-state index in [2.05, 4.69) is 0 Å². The normalized spacial score (nSPS) is 28.6. The average molecular weight is 318 g/mol. The third-order valence-corrected chi connectivity index (χ3v) is 5.73. The van der Waals surface area contributed by atoms with Gasteiger partial charge in [0.05, 0.1) is 24.5 Å². The number of rotatable bonds is 2. The smallest absolute Gasteiger partial charge is 0.226 e. The predicted molar refractivity (Wildman–Crippen MR) is 80.3 cm³/mol. The quantitative estimate of drug-likeness (QED) is 0.751. The van der Waals surface area contributed by atoms with Crippen LogP contribution in [-0.2, 0) is 19.6 Å². The maximum Gasteiger partial charge on any atom is 0.226 e. The van der Waals surface area contributed by atoms with Crippen molar-refractivity contribution in [3.05, 3.63) is 0 Å². The summed E-state index contributed by atoms with van der Waals surface area (Å²) >= 11 is 0. The van der Waals surface area contributed by atoms with Crippen molar-refractivity contribution in [1.29, 1.82) is 0 Å². The molecule has 0 aliphatic carbocycles. The molecule has 0 radical (unpaired) electrons. The molecule has 0 aromatic heterocycles. The van der Waals surface area contributed by atoms with Crippen molar-refractivity contribution >= 4 is 15.9 Å². The van der Waals surface area contributed by atoms with Gasteiger partial charge in [-0.1, -0.05) is 0 Å². The topological polar surface area (TPSA) is 66.9 Å². The Bertz CT molecular complexity index is 495. The molecule has 122 valence electrons. The fourth-order valence-corrected chi connectivity index (χ4v) is 3.90. The predicted octanol–water partition coefficient (Wildman–Crippen LogP) is 0.684. The largest absolute Gasteiger partial charge is 0.374 e. The van der Waals surface area contributed by atoms with Crippen molar-refractivity contribution in [3.8, 4) is 0 Å². The summed E-state index contributed by atoms with van der Waals surface area (Å²) in [6.45, 7) is 8.04. The van der Waals surface area contributed by atoms with Crippen LogP contribution in [0, 0.1) is 5.92 Å². The Morgan fingerprint density at radius 3 is 2.33 bits per heavy atom. The fourth-order valence-electron chi connectivity index (χ4n) is 3.02. The van der Waals surface area contributed by atoms with Crippen LogP contribution < -0.4 is 0 Å². The molecule has 2 saturated heterocycles. The lowest BCUT2D eigenvalue weighted by molar-refractivity contribution is -0.158. The second kappa shape index (κ2) is 5.85. The molecule has 1 unspecified atom stereocenters. The molecule has 0 N–H and O–H groups in total. The zero-order chi connectivity index (χ0) is 15.8. The molecule has 0 bridgehead atoms. The first-order valence-corrected chi connectivity index (χ1v) is 9.34. The highest BCUT2D eigenvalue weighted by molar-refractivity contribution is 7.88. The van der Waals surface area contributed by atoms with Gasteiger partial charge < -0.3 is 9.64 Å². The van der Waals surface area contributed by atoms with Gasteiger partial charge >= 0.3 is 0 Å². The molecule has 2 heterocycles. The van der Waals surface area contributed by atoms with Crippen LogP contribution in [0.1, 0.15) is 33.6 Å². The highest BCUT2D eigenvalue weighted by Gasteiger charge is 2.40. The van der Waals surface area contributed by atoms with E-state index in [9.17, 15) is 13.2 Å². The summed E-state index contributed by atoms with van der Waals surface area (Å²) in [4.78, 5) is 14.7. The van der Waals surface area contributed by atoms with Gasteiger partial charge in [0.1, 0.15) is 0 Å². The van der Waals surface area contributed by atoms with Gasteiger partial charge in [-0.3, -0.25) is 4.79 Å². The molecule has 2 aliphatic heterocycles. The van der Waals surface area contributed by atoms with Crippen LogP contribution in [0.4, 0.5) is 0 Å². The van der Waals surface area contributed by atoms with Crippen LogP contribution >= 0.6 is 0 Å². The lowest BCUT2D eigenvalue weighted by Gasteiger charge is -2.46. The maximum absolute atomic E-state index is 12.8. The highest BCUT2D eigenvalue weighted by Crippen LogP contribution is 2.28. The first kappa shape index (κ1) is 16.7. The van der Waals surface area contributed by atoms with E-state index in [1.54, 1.807) is 0 Å². The van der Waals surface area contributed by atoms with Crippen molar-refractivity contribution in [2.24, 2.45) is 5.92 Å². The summed E-state index contributed by atoms with van der Waals surface area (Å²) in [7, 11) is -3.14. The van der Waals surface area contributed by atoms with E-state index in [-0.39, 0.29) is 23.5 Å². The second-order valence-electron chi connectivity index (χ2n) is 6.82. The summed E-state index contributed by atoms with van der Waals surface area (Å²) in [5.41, 5.74) is -0.294. The van der Waals surface area contributed by atoms with Gasteiger partial charge in [-0.25, -0.2) is 12.7 Å². The monoisotopic (exact) mass is 318 g/mol. The summed E-state index contributed by atoms with van der Waals surface area (Å²) in [5.74, 6) is 0.0656. The number of carbonyl (C=O) groups excluding carboxylic acids is 1. The van der Waals surface area contributed by atoms with Gasteiger partial charge in [-0.05, 0) is 33.6 Å². The molecule has 0 saturated carbocycles. The molecule has 2 aliphatic rings. The fraction of sp³-hybridized carbons (Fsp3) is 0.929. The highest BCUT2D eigenvalue weighted by atomic mass is 32.2. The molecule has 0 aromatic carbocycles. The molecule has 2 rings (SSSR count). The molecule has 0 spiro atoms. The standard InChI is InChI=1S/C14H26N2O4S/c1-11-9-16(14(2,3)10-20-11)13(17)12-5-7-15(8-6-12)21(4,18)19/h11-12H,5-10H2,1-4H3. The van der Waals surface area contributed by atoms with Crippen molar-refractivity contribution in [1.82, 2.24) is 9.21 Å². The third kappa shape index (κ3) is 3.76. The molecule has 6 nitrogen and oxygen atoms in total. The number of piperidine rings is 1. The second-order valence-corrected chi connectivity index (χ2v) is 8.80. The third-order valence-electron chi connectivity index (χ3n) is 4.43.